The molecule has 5 nitrogen and oxygen atoms in total. The van der Waals surface area contributed by atoms with Gasteiger partial charge in [-0.15, -0.1) is 11.3 Å². The lowest BCUT2D eigenvalue weighted by Crippen LogP contribution is -2.24. The maximum Gasteiger partial charge on any atom is 0.309 e. The first-order chi connectivity index (χ1) is 9.67. The highest BCUT2D eigenvalue weighted by Crippen LogP contribution is 2.35. The van der Waals surface area contributed by atoms with Gasteiger partial charge in [0, 0.05) is 10.8 Å². The smallest absolute Gasteiger partial charge is 0.309 e. The van der Waals surface area contributed by atoms with Crippen LogP contribution in [0.25, 0.3) is 0 Å². The number of fused-ring (bicyclic) bond motifs is 1. The third-order valence-corrected chi connectivity index (χ3v) is 4.77. The normalized spacial score (nSPS) is 21.1. The number of thiazole rings is 1. The van der Waals surface area contributed by atoms with E-state index in [2.05, 4.69) is 10.3 Å². The van der Waals surface area contributed by atoms with Gasteiger partial charge in [0.2, 0.25) is 5.91 Å². The highest BCUT2D eigenvalue weighted by molar-refractivity contribution is 7.15. The number of aromatic nitrogens is 1. The average Bonchev–Trinajstić information content (AvgIpc) is 3.19. The van der Waals surface area contributed by atoms with Crippen molar-refractivity contribution in [3.05, 3.63) is 10.6 Å². The predicted octanol–water partition coefficient (Wildman–Crippen LogP) is 2.16. The minimum absolute atomic E-state index is 0.0603. The number of ether oxygens (including phenoxy) is 1. The van der Waals surface area contributed by atoms with Gasteiger partial charge < -0.3 is 10.1 Å². The minimum atomic E-state index is -0.116. The molecular weight excluding hydrogens is 276 g/mol. The monoisotopic (exact) mass is 294 g/mol. The second-order valence-corrected chi connectivity index (χ2v) is 6.43. The van der Waals surface area contributed by atoms with Crippen molar-refractivity contribution in [3.63, 3.8) is 0 Å². The summed E-state index contributed by atoms with van der Waals surface area (Å²) in [6.45, 7) is 2.25. The quantitative estimate of drug-likeness (QED) is 0.864. The fraction of sp³-hybridized carbons (Fsp3) is 0.643. The molecule has 2 aliphatic rings. The summed E-state index contributed by atoms with van der Waals surface area (Å²) in [5.41, 5.74) is 1.03. The van der Waals surface area contributed by atoms with Gasteiger partial charge in [-0.2, -0.15) is 0 Å². The molecule has 0 bridgehead atoms. The Morgan fingerprint density at radius 1 is 1.35 bits per heavy atom. The van der Waals surface area contributed by atoms with Crippen LogP contribution < -0.4 is 5.32 Å². The molecule has 108 valence electrons. The lowest BCUT2D eigenvalue weighted by Gasteiger charge is -2.18. The first-order valence-electron chi connectivity index (χ1n) is 7.13. The van der Waals surface area contributed by atoms with Crippen molar-refractivity contribution in [1.29, 1.82) is 0 Å². The van der Waals surface area contributed by atoms with Crippen LogP contribution in [0, 0.1) is 11.8 Å². The lowest BCUT2D eigenvalue weighted by molar-refractivity contribution is -0.148. The molecule has 1 N–H and O–H groups in total. The van der Waals surface area contributed by atoms with Gasteiger partial charge in [0.15, 0.2) is 5.13 Å². The van der Waals surface area contributed by atoms with Crippen molar-refractivity contribution in [3.8, 4) is 0 Å². The van der Waals surface area contributed by atoms with Gasteiger partial charge in [-0.1, -0.05) is 0 Å². The van der Waals surface area contributed by atoms with Crippen LogP contribution in [0.1, 0.15) is 36.8 Å². The van der Waals surface area contributed by atoms with Gasteiger partial charge in [-0.25, -0.2) is 4.98 Å². The molecule has 0 aromatic carbocycles. The third-order valence-electron chi connectivity index (χ3n) is 3.74. The predicted molar refractivity (Wildman–Crippen MR) is 75.6 cm³/mol. The molecule has 3 rings (SSSR count). The van der Waals surface area contributed by atoms with E-state index in [1.807, 2.05) is 6.92 Å². The number of nitrogens with one attached hydrogen (secondary N) is 1. The Hall–Kier alpha value is -1.43. The fourth-order valence-electron chi connectivity index (χ4n) is 2.44. The minimum Gasteiger partial charge on any atom is -0.466 e. The van der Waals surface area contributed by atoms with E-state index in [0.717, 1.165) is 36.3 Å². The fourth-order valence-corrected chi connectivity index (χ4v) is 3.53. The molecular formula is C14H18N2O3S. The molecule has 1 amide bonds. The first kappa shape index (κ1) is 13.5. The molecule has 1 fully saturated rings. The summed E-state index contributed by atoms with van der Waals surface area (Å²) in [6, 6.07) is 0. The average molecular weight is 294 g/mol. The van der Waals surface area contributed by atoms with Crippen LogP contribution >= 0.6 is 11.3 Å². The zero-order chi connectivity index (χ0) is 14.1. The Bertz CT molecular complexity index is 537. The van der Waals surface area contributed by atoms with E-state index in [-0.39, 0.29) is 23.7 Å². The highest BCUT2D eigenvalue weighted by atomic mass is 32.1. The van der Waals surface area contributed by atoms with Crippen LogP contribution in [0.5, 0.6) is 0 Å². The van der Waals surface area contributed by atoms with Crippen LogP contribution in [-0.4, -0.2) is 23.5 Å². The number of carbonyl (C=O) groups is 2. The van der Waals surface area contributed by atoms with E-state index < -0.39 is 0 Å². The summed E-state index contributed by atoms with van der Waals surface area (Å²) in [7, 11) is 0. The van der Waals surface area contributed by atoms with Gasteiger partial charge in [0.1, 0.15) is 0 Å². The van der Waals surface area contributed by atoms with E-state index in [9.17, 15) is 9.59 Å². The molecule has 20 heavy (non-hydrogen) atoms. The molecule has 1 heterocycles. The standard InChI is InChI=1S/C14H18N2O3S/c1-2-19-13(18)9-5-6-10-11(7-9)20-14(15-10)16-12(17)8-3-4-8/h8-9H,2-7H2,1H3,(H,15,16,17). The van der Waals surface area contributed by atoms with Crippen LogP contribution in [0.3, 0.4) is 0 Å². The molecule has 2 aliphatic carbocycles. The molecule has 0 radical (unpaired) electrons. The van der Waals surface area contributed by atoms with E-state index >= 15 is 0 Å². The molecule has 1 saturated carbocycles. The topological polar surface area (TPSA) is 68.3 Å². The molecule has 1 unspecified atom stereocenters. The lowest BCUT2D eigenvalue weighted by atomic mass is 9.91. The number of hydrogen-bond acceptors (Lipinski definition) is 5. The van der Waals surface area contributed by atoms with Crippen molar-refractivity contribution in [2.45, 2.75) is 39.0 Å². The zero-order valence-corrected chi connectivity index (χ0v) is 12.3. The number of anilines is 1. The summed E-state index contributed by atoms with van der Waals surface area (Å²) in [6.07, 6.45) is 4.23. The molecule has 1 aromatic rings. The number of hydrogen-bond donors (Lipinski definition) is 1. The van der Waals surface area contributed by atoms with Gasteiger partial charge in [-0.05, 0) is 39.0 Å². The van der Waals surface area contributed by atoms with Gasteiger partial charge in [0.05, 0.1) is 18.2 Å². The van der Waals surface area contributed by atoms with Crippen molar-refractivity contribution in [2.24, 2.45) is 11.8 Å². The van der Waals surface area contributed by atoms with E-state index in [1.165, 1.54) is 11.3 Å². The Labute approximate surface area is 121 Å². The Morgan fingerprint density at radius 3 is 2.85 bits per heavy atom. The summed E-state index contributed by atoms with van der Waals surface area (Å²) in [5, 5.41) is 3.56. The van der Waals surface area contributed by atoms with E-state index in [1.54, 1.807) is 0 Å². The summed E-state index contributed by atoms with van der Waals surface area (Å²) < 4.78 is 5.08. The number of nitrogens with zero attached hydrogens (tertiary/aromatic N) is 1. The molecule has 0 aliphatic heterocycles. The Balaban J connectivity index is 1.65. The Morgan fingerprint density at radius 2 is 2.15 bits per heavy atom. The van der Waals surface area contributed by atoms with Crippen molar-refractivity contribution >= 4 is 28.3 Å². The van der Waals surface area contributed by atoms with Crippen molar-refractivity contribution in [1.82, 2.24) is 4.98 Å². The number of amides is 1. The van der Waals surface area contributed by atoms with E-state index in [4.69, 9.17) is 4.74 Å². The Kier molecular flexibility index (Phi) is 3.74. The third kappa shape index (κ3) is 2.85. The van der Waals surface area contributed by atoms with Crippen LogP contribution in [0.15, 0.2) is 0 Å². The maximum atomic E-state index is 11.8. The second-order valence-electron chi connectivity index (χ2n) is 5.34. The summed E-state index contributed by atoms with van der Waals surface area (Å²) in [5.74, 6) is 0.0891. The van der Waals surface area contributed by atoms with Gasteiger partial charge in [0.25, 0.3) is 0 Å². The summed E-state index contributed by atoms with van der Waals surface area (Å²) in [4.78, 5) is 29.1. The molecule has 1 atom stereocenters. The SMILES string of the molecule is CCOC(=O)C1CCc2nc(NC(=O)C3CC3)sc2C1. The van der Waals surface area contributed by atoms with Gasteiger partial charge >= 0.3 is 5.97 Å². The zero-order valence-electron chi connectivity index (χ0n) is 11.5. The number of esters is 1. The second kappa shape index (κ2) is 5.52. The van der Waals surface area contributed by atoms with Crippen LogP contribution in [0.2, 0.25) is 0 Å². The number of aryl methyl sites for hydroxylation is 1. The van der Waals surface area contributed by atoms with E-state index in [0.29, 0.717) is 18.2 Å². The number of rotatable bonds is 4. The van der Waals surface area contributed by atoms with Crippen molar-refractivity contribution < 1.29 is 14.3 Å². The highest BCUT2D eigenvalue weighted by Gasteiger charge is 2.32. The molecule has 6 heteroatoms. The molecule has 0 spiro atoms. The van der Waals surface area contributed by atoms with Crippen molar-refractivity contribution in [2.75, 3.05) is 11.9 Å². The maximum absolute atomic E-state index is 11.8. The summed E-state index contributed by atoms with van der Waals surface area (Å²) >= 11 is 1.50. The van der Waals surface area contributed by atoms with Crippen LogP contribution in [-0.2, 0) is 27.2 Å². The van der Waals surface area contributed by atoms with Gasteiger partial charge in [-0.3, -0.25) is 9.59 Å². The molecule has 0 saturated heterocycles. The first-order valence-corrected chi connectivity index (χ1v) is 7.95. The molecule has 1 aromatic heterocycles. The van der Waals surface area contributed by atoms with Crippen LogP contribution in [0.4, 0.5) is 5.13 Å². The largest absolute Gasteiger partial charge is 0.466 e. The number of carbonyl (C=O) groups excluding carboxylic acids is 2.